The highest BCUT2D eigenvalue weighted by atomic mass is 16.8. The van der Waals surface area contributed by atoms with Gasteiger partial charge in [-0.15, -0.1) is 0 Å². The maximum atomic E-state index is 11.2. The number of rotatable bonds is 6. The van der Waals surface area contributed by atoms with Crippen molar-refractivity contribution in [3.63, 3.8) is 0 Å². The van der Waals surface area contributed by atoms with Crippen LogP contribution < -0.4 is 0 Å². The van der Waals surface area contributed by atoms with Crippen molar-refractivity contribution in [2.75, 3.05) is 13.2 Å². The molecule has 0 bridgehead atoms. The molecule has 0 aromatic carbocycles. The van der Waals surface area contributed by atoms with E-state index >= 15 is 0 Å². The van der Waals surface area contributed by atoms with Gasteiger partial charge < -0.3 is 84.2 Å². The molecule has 228 valence electrons. The third kappa shape index (κ3) is 6.40. The Morgan fingerprint density at radius 2 is 1.08 bits per heavy atom. The standard InChI is InChI=1S/C22H38O17/c1-5-9(24)13(28)15(30)21(36-5)39-18-12(27)8(37-20-14(29)11(26)7(23)3-33-20)4-34-22(18)38-17-10(25)6(2)35-19(32)16(17)31/h5-32H,3-4H2,1-2H3/t5-,6-,7-,8-,9-,10-,11+,12+,13+,14-,15-,16-,17+,18-,19?,20+,21+,22+/m1/s1. The Balaban J connectivity index is 1.53. The van der Waals surface area contributed by atoms with Crippen LogP contribution in [0.4, 0.5) is 0 Å². The largest absolute Gasteiger partial charge is 0.388 e. The van der Waals surface area contributed by atoms with E-state index in [2.05, 4.69) is 0 Å². The van der Waals surface area contributed by atoms with Gasteiger partial charge in [-0.2, -0.15) is 0 Å². The maximum absolute atomic E-state index is 11.2. The predicted octanol–water partition coefficient (Wildman–Crippen LogP) is -6.42. The minimum atomic E-state index is -1.79. The molecule has 0 aliphatic carbocycles. The lowest BCUT2D eigenvalue weighted by molar-refractivity contribution is -0.384. The van der Waals surface area contributed by atoms with Crippen molar-refractivity contribution in [2.45, 2.75) is 124 Å². The van der Waals surface area contributed by atoms with Gasteiger partial charge in [-0.05, 0) is 13.8 Å². The first-order valence-electron chi connectivity index (χ1n) is 12.6. The Hall–Kier alpha value is -0.680. The Kier molecular flexibility index (Phi) is 10.2. The fourth-order valence-corrected chi connectivity index (χ4v) is 4.82. The van der Waals surface area contributed by atoms with Gasteiger partial charge in [0.25, 0.3) is 0 Å². The van der Waals surface area contributed by atoms with Crippen molar-refractivity contribution < 1.29 is 84.2 Å². The fourth-order valence-electron chi connectivity index (χ4n) is 4.82. The molecule has 0 aromatic rings. The van der Waals surface area contributed by atoms with E-state index in [-0.39, 0.29) is 6.61 Å². The SMILES string of the molecule is C[C@H]1O[C@@H](O[C@H]2[C@H](O[C@H]3[C@H](O)[C@@H](C)OC(O)[C@@H]3O)OC[C@@H](O[C@@H]3OC[C@@H](O)[C@H](O)[C@H]3O)[C@@H]2O)[C@H](O)[C@@H](O)[C@@H]1O. The van der Waals surface area contributed by atoms with E-state index in [1.807, 2.05) is 0 Å². The van der Waals surface area contributed by atoms with Gasteiger partial charge in [0.05, 0.1) is 25.4 Å². The number of hydrogen-bond acceptors (Lipinski definition) is 17. The van der Waals surface area contributed by atoms with E-state index in [1.54, 1.807) is 0 Å². The smallest absolute Gasteiger partial charge is 0.187 e. The van der Waals surface area contributed by atoms with Crippen molar-refractivity contribution in [2.24, 2.45) is 0 Å². The number of aliphatic hydroxyl groups is 10. The zero-order chi connectivity index (χ0) is 28.8. The molecular weight excluding hydrogens is 536 g/mol. The highest BCUT2D eigenvalue weighted by Gasteiger charge is 2.52. The molecule has 10 N–H and O–H groups in total. The van der Waals surface area contributed by atoms with Crippen molar-refractivity contribution in [1.29, 1.82) is 0 Å². The summed E-state index contributed by atoms with van der Waals surface area (Å²) < 4.78 is 38.4. The molecule has 4 aliphatic rings. The number of ether oxygens (including phenoxy) is 7. The van der Waals surface area contributed by atoms with Gasteiger partial charge in [0.15, 0.2) is 25.2 Å². The second-order valence-corrected chi connectivity index (χ2v) is 10.2. The van der Waals surface area contributed by atoms with E-state index in [0.29, 0.717) is 0 Å². The summed E-state index contributed by atoms with van der Waals surface area (Å²) >= 11 is 0. The van der Waals surface area contributed by atoms with Crippen LogP contribution in [-0.2, 0) is 33.2 Å². The molecule has 1 unspecified atom stereocenters. The van der Waals surface area contributed by atoms with Crippen LogP contribution >= 0.6 is 0 Å². The van der Waals surface area contributed by atoms with Crippen molar-refractivity contribution in [3.05, 3.63) is 0 Å². The first kappa shape index (κ1) is 31.3. The summed E-state index contributed by atoms with van der Waals surface area (Å²) in [5.41, 5.74) is 0. The summed E-state index contributed by atoms with van der Waals surface area (Å²) in [6, 6.07) is 0. The van der Waals surface area contributed by atoms with E-state index in [4.69, 9.17) is 33.2 Å². The van der Waals surface area contributed by atoms with Gasteiger partial charge >= 0.3 is 0 Å². The topological polar surface area (TPSA) is 267 Å². The molecule has 39 heavy (non-hydrogen) atoms. The molecule has 18 atom stereocenters. The van der Waals surface area contributed by atoms with Crippen LogP contribution in [0.15, 0.2) is 0 Å². The second-order valence-electron chi connectivity index (χ2n) is 10.2. The van der Waals surface area contributed by atoms with Crippen LogP contribution in [0.3, 0.4) is 0 Å². The molecule has 4 fully saturated rings. The molecule has 0 spiro atoms. The first-order chi connectivity index (χ1) is 18.3. The van der Waals surface area contributed by atoms with Crippen LogP contribution in [0.5, 0.6) is 0 Å². The third-order valence-corrected chi connectivity index (χ3v) is 7.36. The lowest BCUT2D eigenvalue weighted by atomic mass is 9.98. The average Bonchev–Trinajstić information content (AvgIpc) is 2.90. The van der Waals surface area contributed by atoms with Crippen LogP contribution in [0.2, 0.25) is 0 Å². The minimum absolute atomic E-state index is 0.377. The highest BCUT2D eigenvalue weighted by Crippen LogP contribution is 2.32. The number of aliphatic hydroxyl groups excluding tert-OH is 10. The lowest BCUT2D eigenvalue weighted by Gasteiger charge is -2.47. The molecule has 0 amide bonds. The summed E-state index contributed by atoms with van der Waals surface area (Å²) in [6.07, 6.45) is -27.3. The van der Waals surface area contributed by atoms with Gasteiger partial charge in [0.1, 0.15) is 73.2 Å². The normalized spacial score (nSPS) is 55.4. The van der Waals surface area contributed by atoms with Gasteiger partial charge in [0.2, 0.25) is 0 Å². The molecule has 17 nitrogen and oxygen atoms in total. The molecule has 0 aromatic heterocycles. The number of hydrogen-bond donors (Lipinski definition) is 10. The molecule has 4 rings (SSSR count). The summed E-state index contributed by atoms with van der Waals surface area (Å²) in [7, 11) is 0. The Labute approximate surface area is 222 Å². The van der Waals surface area contributed by atoms with E-state index in [1.165, 1.54) is 13.8 Å². The monoisotopic (exact) mass is 574 g/mol. The zero-order valence-corrected chi connectivity index (χ0v) is 21.1. The Bertz CT molecular complexity index is 778. The first-order valence-corrected chi connectivity index (χ1v) is 12.6. The molecule has 4 saturated heterocycles. The average molecular weight is 575 g/mol. The minimum Gasteiger partial charge on any atom is -0.388 e. The van der Waals surface area contributed by atoms with Crippen LogP contribution in [-0.4, -0.2) is 175 Å². The van der Waals surface area contributed by atoms with Crippen LogP contribution in [0.1, 0.15) is 13.8 Å². The van der Waals surface area contributed by atoms with Crippen LogP contribution in [0, 0.1) is 0 Å². The Morgan fingerprint density at radius 1 is 0.487 bits per heavy atom. The second kappa shape index (κ2) is 12.7. The van der Waals surface area contributed by atoms with Crippen molar-refractivity contribution >= 4 is 0 Å². The van der Waals surface area contributed by atoms with Gasteiger partial charge in [-0.3, -0.25) is 0 Å². The quantitative estimate of drug-likeness (QED) is 0.141. The van der Waals surface area contributed by atoms with E-state index in [9.17, 15) is 51.1 Å². The highest BCUT2D eigenvalue weighted by molar-refractivity contribution is 4.94. The van der Waals surface area contributed by atoms with Gasteiger partial charge in [-0.25, -0.2) is 0 Å². The van der Waals surface area contributed by atoms with Crippen LogP contribution in [0.25, 0.3) is 0 Å². The molecule has 0 radical (unpaired) electrons. The Morgan fingerprint density at radius 3 is 1.77 bits per heavy atom. The zero-order valence-electron chi connectivity index (χ0n) is 21.1. The lowest BCUT2D eigenvalue weighted by Crippen LogP contribution is -2.65. The maximum Gasteiger partial charge on any atom is 0.187 e. The molecule has 4 heterocycles. The van der Waals surface area contributed by atoms with Gasteiger partial charge in [-0.1, -0.05) is 0 Å². The third-order valence-electron chi connectivity index (χ3n) is 7.36. The summed E-state index contributed by atoms with van der Waals surface area (Å²) in [5.74, 6) is 0. The predicted molar refractivity (Wildman–Crippen MR) is 119 cm³/mol. The molecular formula is C22H38O17. The van der Waals surface area contributed by atoms with E-state index in [0.717, 1.165) is 0 Å². The van der Waals surface area contributed by atoms with Gasteiger partial charge in [0, 0.05) is 0 Å². The van der Waals surface area contributed by atoms with E-state index < -0.39 is 117 Å². The molecule has 17 heteroatoms. The summed E-state index contributed by atoms with van der Waals surface area (Å²) in [5, 5.41) is 102. The van der Waals surface area contributed by atoms with Crippen molar-refractivity contribution in [3.8, 4) is 0 Å². The molecule has 0 saturated carbocycles. The fraction of sp³-hybridized carbons (Fsp3) is 1.00. The molecule has 4 aliphatic heterocycles. The van der Waals surface area contributed by atoms with Crippen molar-refractivity contribution in [1.82, 2.24) is 0 Å². The summed E-state index contributed by atoms with van der Waals surface area (Å²) in [4.78, 5) is 0. The summed E-state index contributed by atoms with van der Waals surface area (Å²) in [6.45, 7) is 2.02.